The van der Waals surface area contributed by atoms with E-state index in [2.05, 4.69) is 4.74 Å². The van der Waals surface area contributed by atoms with E-state index in [-0.39, 0.29) is 11.3 Å². The first-order valence-corrected chi connectivity index (χ1v) is 4.95. The number of hydrogen-bond donors (Lipinski definition) is 0. The lowest BCUT2D eigenvalue weighted by molar-refractivity contribution is -0.384. The number of nitrogens with zero attached hydrogens (tertiary/aromatic N) is 1. The molecule has 0 atom stereocenters. The zero-order valence-electron chi connectivity index (χ0n) is 9.43. The van der Waals surface area contributed by atoms with Gasteiger partial charge in [-0.15, -0.1) is 0 Å². The number of non-ortho nitro benzene ring substituents is 1. The Labute approximate surface area is 97.3 Å². The molecule has 0 aliphatic rings. The maximum Gasteiger partial charge on any atom is 0.346 e. The van der Waals surface area contributed by atoms with E-state index in [1.165, 1.54) is 18.2 Å². The fourth-order valence-electron chi connectivity index (χ4n) is 1.37. The van der Waals surface area contributed by atoms with E-state index < -0.39 is 16.9 Å². The topological polar surface area (TPSA) is 86.5 Å². The van der Waals surface area contributed by atoms with Crippen molar-refractivity contribution in [3.05, 3.63) is 39.4 Å². The van der Waals surface area contributed by atoms with Gasteiger partial charge < -0.3 is 4.74 Å². The van der Waals surface area contributed by atoms with Crippen LogP contribution in [0, 0.1) is 10.1 Å². The Hall–Kier alpha value is -2.24. The molecule has 0 radical (unpaired) electrons. The second-order valence-corrected chi connectivity index (χ2v) is 3.33. The number of aryl methyl sites for hydroxylation is 1. The Morgan fingerprint density at radius 1 is 1.41 bits per heavy atom. The summed E-state index contributed by atoms with van der Waals surface area (Å²) in [6, 6.07) is 3.80. The van der Waals surface area contributed by atoms with Gasteiger partial charge in [-0.25, -0.2) is 4.79 Å². The van der Waals surface area contributed by atoms with E-state index in [0.717, 1.165) is 6.92 Å². The highest BCUT2D eigenvalue weighted by atomic mass is 16.6. The van der Waals surface area contributed by atoms with Crippen LogP contribution in [0.5, 0.6) is 0 Å². The summed E-state index contributed by atoms with van der Waals surface area (Å²) in [5.41, 5.74) is 0.556. The SMILES string of the molecule is CCc1cc([N+](=O)[O-])ccc1C(=O)OC(C)=O. The normalized spacial score (nSPS) is 9.76. The van der Waals surface area contributed by atoms with Gasteiger partial charge in [-0.05, 0) is 18.1 Å². The first kappa shape index (κ1) is 12.8. The predicted molar refractivity (Wildman–Crippen MR) is 58.6 cm³/mol. The Morgan fingerprint density at radius 3 is 2.53 bits per heavy atom. The molecule has 0 fully saturated rings. The largest absolute Gasteiger partial charge is 0.390 e. The van der Waals surface area contributed by atoms with E-state index >= 15 is 0 Å². The maximum atomic E-state index is 11.5. The van der Waals surface area contributed by atoms with Gasteiger partial charge in [-0.3, -0.25) is 14.9 Å². The summed E-state index contributed by atoms with van der Waals surface area (Å²) in [6.45, 7) is 2.87. The van der Waals surface area contributed by atoms with Crippen molar-refractivity contribution >= 4 is 17.6 Å². The van der Waals surface area contributed by atoms with Crippen molar-refractivity contribution in [3.8, 4) is 0 Å². The molecule has 0 saturated carbocycles. The molecular weight excluding hydrogens is 226 g/mol. The molecule has 6 heteroatoms. The highest BCUT2D eigenvalue weighted by molar-refractivity contribution is 5.97. The molecule has 0 heterocycles. The first-order chi connectivity index (χ1) is 7.95. The zero-order valence-corrected chi connectivity index (χ0v) is 9.43. The summed E-state index contributed by atoms with van der Waals surface area (Å²) >= 11 is 0. The number of nitro groups is 1. The average Bonchev–Trinajstić information content (AvgIpc) is 2.27. The van der Waals surface area contributed by atoms with E-state index in [1.807, 2.05) is 0 Å². The lowest BCUT2D eigenvalue weighted by Crippen LogP contribution is -2.11. The van der Waals surface area contributed by atoms with Gasteiger partial charge in [-0.1, -0.05) is 6.92 Å². The fourth-order valence-corrected chi connectivity index (χ4v) is 1.37. The standard InChI is InChI=1S/C11H11NO5/c1-3-8-6-9(12(15)16)4-5-10(8)11(14)17-7(2)13/h4-6H,3H2,1-2H3. The molecule has 1 aromatic carbocycles. The van der Waals surface area contributed by atoms with Crippen LogP contribution in [0.1, 0.15) is 29.8 Å². The van der Waals surface area contributed by atoms with Crippen LogP contribution in [-0.2, 0) is 16.0 Å². The number of esters is 2. The summed E-state index contributed by atoms with van der Waals surface area (Å²) in [5, 5.41) is 10.6. The Morgan fingerprint density at radius 2 is 2.06 bits per heavy atom. The molecule has 0 aliphatic carbocycles. The predicted octanol–water partition coefficient (Wildman–Crippen LogP) is 1.86. The Bertz CT molecular complexity index is 481. The average molecular weight is 237 g/mol. The molecule has 0 unspecified atom stereocenters. The molecule has 0 N–H and O–H groups in total. The lowest BCUT2D eigenvalue weighted by Gasteiger charge is -2.05. The summed E-state index contributed by atoms with van der Waals surface area (Å²) in [4.78, 5) is 32.2. The summed E-state index contributed by atoms with van der Waals surface area (Å²) in [6.07, 6.45) is 0.435. The molecule has 0 saturated heterocycles. The number of carbonyl (C=O) groups excluding carboxylic acids is 2. The van der Waals surface area contributed by atoms with Gasteiger partial charge in [0.2, 0.25) is 0 Å². The van der Waals surface area contributed by atoms with Gasteiger partial charge in [0.1, 0.15) is 0 Å². The van der Waals surface area contributed by atoms with Crippen LogP contribution < -0.4 is 0 Å². The molecule has 0 aliphatic heterocycles. The molecule has 17 heavy (non-hydrogen) atoms. The Balaban J connectivity index is 3.12. The summed E-state index contributed by atoms with van der Waals surface area (Å²) < 4.78 is 4.43. The number of hydrogen-bond acceptors (Lipinski definition) is 5. The van der Waals surface area contributed by atoms with Gasteiger partial charge in [0.25, 0.3) is 5.69 Å². The third kappa shape index (κ3) is 3.10. The van der Waals surface area contributed by atoms with Crippen molar-refractivity contribution in [1.29, 1.82) is 0 Å². The minimum Gasteiger partial charge on any atom is -0.390 e. The highest BCUT2D eigenvalue weighted by Crippen LogP contribution is 2.19. The molecule has 0 bridgehead atoms. The van der Waals surface area contributed by atoms with Crippen LogP contribution in [0.4, 0.5) is 5.69 Å². The number of carbonyl (C=O) groups is 2. The van der Waals surface area contributed by atoms with Gasteiger partial charge in [-0.2, -0.15) is 0 Å². The third-order valence-corrected chi connectivity index (χ3v) is 2.14. The summed E-state index contributed by atoms with van der Waals surface area (Å²) in [5.74, 6) is -1.50. The van der Waals surface area contributed by atoms with Crippen molar-refractivity contribution < 1.29 is 19.2 Å². The van der Waals surface area contributed by atoms with Crippen LogP contribution in [0.2, 0.25) is 0 Å². The van der Waals surface area contributed by atoms with Gasteiger partial charge in [0, 0.05) is 19.1 Å². The molecular formula is C11H11NO5. The lowest BCUT2D eigenvalue weighted by atomic mass is 10.0. The number of nitro benzene ring substituents is 1. The third-order valence-electron chi connectivity index (χ3n) is 2.14. The van der Waals surface area contributed by atoms with E-state index in [4.69, 9.17) is 0 Å². The summed E-state index contributed by atoms with van der Waals surface area (Å²) in [7, 11) is 0. The quantitative estimate of drug-likeness (QED) is 0.346. The molecule has 90 valence electrons. The van der Waals surface area contributed by atoms with Crippen molar-refractivity contribution in [3.63, 3.8) is 0 Å². The zero-order chi connectivity index (χ0) is 13.0. The molecule has 1 aromatic rings. The van der Waals surface area contributed by atoms with E-state index in [0.29, 0.717) is 12.0 Å². The van der Waals surface area contributed by atoms with Crippen LogP contribution in [-0.4, -0.2) is 16.9 Å². The number of rotatable bonds is 3. The minimum atomic E-state index is -0.788. The van der Waals surface area contributed by atoms with Crippen LogP contribution in [0.15, 0.2) is 18.2 Å². The maximum absolute atomic E-state index is 11.5. The second-order valence-electron chi connectivity index (χ2n) is 3.33. The van der Waals surface area contributed by atoms with Crippen LogP contribution in [0.25, 0.3) is 0 Å². The molecule has 6 nitrogen and oxygen atoms in total. The fraction of sp³-hybridized carbons (Fsp3) is 0.273. The second kappa shape index (κ2) is 5.20. The Kier molecular flexibility index (Phi) is 3.92. The van der Waals surface area contributed by atoms with Crippen LogP contribution in [0.3, 0.4) is 0 Å². The number of benzene rings is 1. The van der Waals surface area contributed by atoms with E-state index in [1.54, 1.807) is 6.92 Å². The number of ether oxygens (including phenoxy) is 1. The molecule has 0 spiro atoms. The minimum absolute atomic E-state index is 0.0961. The van der Waals surface area contributed by atoms with Crippen molar-refractivity contribution in [2.45, 2.75) is 20.3 Å². The highest BCUT2D eigenvalue weighted by Gasteiger charge is 2.17. The molecule has 1 rings (SSSR count). The molecule has 0 amide bonds. The van der Waals surface area contributed by atoms with E-state index in [9.17, 15) is 19.7 Å². The van der Waals surface area contributed by atoms with Crippen LogP contribution >= 0.6 is 0 Å². The van der Waals surface area contributed by atoms with Crippen molar-refractivity contribution in [2.75, 3.05) is 0 Å². The van der Waals surface area contributed by atoms with Gasteiger partial charge in [0.05, 0.1) is 10.5 Å². The first-order valence-electron chi connectivity index (χ1n) is 4.95. The van der Waals surface area contributed by atoms with Crippen molar-refractivity contribution in [2.24, 2.45) is 0 Å². The van der Waals surface area contributed by atoms with Crippen molar-refractivity contribution in [1.82, 2.24) is 0 Å². The van der Waals surface area contributed by atoms with Gasteiger partial charge in [0.15, 0.2) is 0 Å². The van der Waals surface area contributed by atoms with Gasteiger partial charge >= 0.3 is 11.9 Å². The monoisotopic (exact) mass is 237 g/mol. The molecule has 0 aromatic heterocycles. The smallest absolute Gasteiger partial charge is 0.346 e.